The maximum Gasteiger partial charge on any atom is 0.254 e. The van der Waals surface area contributed by atoms with Gasteiger partial charge in [0.1, 0.15) is 5.75 Å². The lowest BCUT2D eigenvalue weighted by Gasteiger charge is -2.24. The van der Waals surface area contributed by atoms with Gasteiger partial charge in [-0.2, -0.15) is 0 Å². The van der Waals surface area contributed by atoms with Crippen LogP contribution in [0.3, 0.4) is 0 Å². The van der Waals surface area contributed by atoms with E-state index in [1.165, 1.54) is 12.8 Å². The fourth-order valence-corrected chi connectivity index (χ4v) is 3.29. The number of nitrogens with zero attached hydrogens (tertiary/aromatic N) is 1. The minimum atomic E-state index is 0. The molecule has 2 saturated heterocycles. The third kappa shape index (κ3) is 4.61. The van der Waals surface area contributed by atoms with Crippen molar-refractivity contribution in [2.24, 2.45) is 5.92 Å². The van der Waals surface area contributed by atoms with Crippen LogP contribution in [0.2, 0.25) is 0 Å². The first kappa shape index (κ1) is 18.1. The zero-order valence-corrected chi connectivity index (χ0v) is 14.8. The average molecular weight is 339 g/mol. The Morgan fingerprint density at radius 2 is 2.09 bits per heavy atom. The van der Waals surface area contributed by atoms with Crippen LogP contribution in [0.1, 0.15) is 43.5 Å². The third-order valence-electron chi connectivity index (χ3n) is 4.47. The zero-order valence-electron chi connectivity index (χ0n) is 14.0. The maximum absolute atomic E-state index is 12.8. The quantitative estimate of drug-likeness (QED) is 0.917. The Balaban J connectivity index is 0.00000192. The van der Waals surface area contributed by atoms with E-state index in [9.17, 15) is 4.79 Å². The summed E-state index contributed by atoms with van der Waals surface area (Å²) >= 11 is 0. The first-order chi connectivity index (χ1) is 10.6. The molecule has 0 spiro atoms. The molecule has 2 bridgehead atoms. The molecule has 0 aromatic heterocycles. The fourth-order valence-electron chi connectivity index (χ4n) is 3.29. The van der Waals surface area contributed by atoms with Gasteiger partial charge in [-0.25, -0.2) is 0 Å². The monoisotopic (exact) mass is 338 g/mol. The van der Waals surface area contributed by atoms with Crippen molar-refractivity contribution in [3.05, 3.63) is 29.8 Å². The Morgan fingerprint density at radius 3 is 2.87 bits per heavy atom. The Hall–Kier alpha value is -1.26. The van der Waals surface area contributed by atoms with Crippen molar-refractivity contribution in [3.8, 4) is 5.75 Å². The number of ether oxygens (including phenoxy) is 1. The summed E-state index contributed by atoms with van der Waals surface area (Å²) in [6.45, 7) is 6.59. The van der Waals surface area contributed by atoms with Crippen molar-refractivity contribution in [1.29, 1.82) is 0 Å². The lowest BCUT2D eigenvalue weighted by atomic mass is 10.1. The summed E-state index contributed by atoms with van der Waals surface area (Å²) in [7, 11) is 0. The second-order valence-corrected chi connectivity index (χ2v) is 6.91. The van der Waals surface area contributed by atoms with Gasteiger partial charge in [-0.3, -0.25) is 4.79 Å². The first-order valence-electron chi connectivity index (χ1n) is 8.40. The van der Waals surface area contributed by atoms with E-state index < -0.39 is 0 Å². The summed E-state index contributed by atoms with van der Waals surface area (Å²) in [6.07, 6.45) is 3.50. The highest BCUT2D eigenvalue weighted by Gasteiger charge is 2.31. The highest BCUT2D eigenvalue weighted by atomic mass is 35.5. The molecule has 2 aliphatic heterocycles. The van der Waals surface area contributed by atoms with Gasteiger partial charge in [0.2, 0.25) is 0 Å². The van der Waals surface area contributed by atoms with Gasteiger partial charge in [-0.1, -0.05) is 19.9 Å². The van der Waals surface area contributed by atoms with Gasteiger partial charge in [0, 0.05) is 30.7 Å². The van der Waals surface area contributed by atoms with Crippen LogP contribution in [0.25, 0.3) is 0 Å². The molecule has 2 atom stereocenters. The molecule has 4 nitrogen and oxygen atoms in total. The van der Waals surface area contributed by atoms with Gasteiger partial charge in [-0.05, 0) is 43.4 Å². The highest BCUT2D eigenvalue weighted by Crippen LogP contribution is 2.22. The van der Waals surface area contributed by atoms with Crippen molar-refractivity contribution in [2.75, 3.05) is 19.7 Å². The number of carbonyl (C=O) groups is 1. The third-order valence-corrected chi connectivity index (χ3v) is 4.47. The Labute approximate surface area is 145 Å². The van der Waals surface area contributed by atoms with Crippen molar-refractivity contribution in [3.63, 3.8) is 0 Å². The molecule has 0 radical (unpaired) electrons. The lowest BCUT2D eigenvalue weighted by Crippen LogP contribution is -2.39. The molecule has 1 aromatic carbocycles. The number of nitrogens with one attached hydrogen (secondary N) is 1. The number of hydrogen-bond donors (Lipinski definition) is 1. The zero-order chi connectivity index (χ0) is 15.5. The molecule has 5 heteroatoms. The van der Waals surface area contributed by atoms with E-state index >= 15 is 0 Å². The van der Waals surface area contributed by atoms with Gasteiger partial charge >= 0.3 is 0 Å². The summed E-state index contributed by atoms with van der Waals surface area (Å²) < 4.78 is 5.74. The van der Waals surface area contributed by atoms with E-state index in [4.69, 9.17) is 4.74 Å². The van der Waals surface area contributed by atoms with Crippen molar-refractivity contribution in [1.82, 2.24) is 10.2 Å². The molecule has 1 N–H and O–H groups in total. The van der Waals surface area contributed by atoms with Gasteiger partial charge in [0.25, 0.3) is 5.91 Å². The standard InChI is InChI=1S/C18H26N2O2.ClH/c1-13(2)12-22-17-5-3-4-14(10-17)18(21)20-9-8-15-6-7-16(11-20)19-15;/h3-5,10,13,15-16,19H,6-9,11-12H2,1-2H3;1H. The lowest BCUT2D eigenvalue weighted by molar-refractivity contribution is 0.0747. The van der Waals surface area contributed by atoms with Gasteiger partial charge in [0.15, 0.2) is 0 Å². The second kappa shape index (κ2) is 8.02. The number of fused-ring (bicyclic) bond motifs is 2. The maximum atomic E-state index is 12.8. The van der Waals surface area contributed by atoms with E-state index in [-0.39, 0.29) is 18.3 Å². The van der Waals surface area contributed by atoms with Gasteiger partial charge in [-0.15, -0.1) is 12.4 Å². The molecule has 0 saturated carbocycles. The van der Waals surface area contributed by atoms with Crippen molar-refractivity contribution < 1.29 is 9.53 Å². The summed E-state index contributed by atoms with van der Waals surface area (Å²) in [5, 5.41) is 3.61. The summed E-state index contributed by atoms with van der Waals surface area (Å²) in [6, 6.07) is 8.67. The second-order valence-electron chi connectivity index (χ2n) is 6.91. The number of rotatable bonds is 4. The number of hydrogen-bond acceptors (Lipinski definition) is 3. The van der Waals surface area contributed by atoms with Crippen molar-refractivity contribution in [2.45, 2.75) is 45.2 Å². The topological polar surface area (TPSA) is 41.6 Å². The largest absolute Gasteiger partial charge is 0.493 e. The fraction of sp³-hybridized carbons (Fsp3) is 0.611. The van der Waals surface area contributed by atoms with Gasteiger partial charge in [0.05, 0.1) is 6.61 Å². The molecule has 1 amide bonds. The Bertz CT molecular complexity index is 536. The smallest absolute Gasteiger partial charge is 0.254 e. The number of amides is 1. The molecule has 3 rings (SSSR count). The minimum Gasteiger partial charge on any atom is -0.493 e. The number of likely N-dealkylation sites (tertiary alicyclic amines) is 1. The molecule has 2 fully saturated rings. The Kier molecular flexibility index (Phi) is 6.31. The molecule has 128 valence electrons. The van der Waals surface area contributed by atoms with E-state index in [0.717, 1.165) is 30.8 Å². The van der Waals surface area contributed by atoms with Crippen LogP contribution in [-0.2, 0) is 0 Å². The molecule has 2 heterocycles. The van der Waals surface area contributed by atoms with Crippen LogP contribution in [0.15, 0.2) is 24.3 Å². The van der Waals surface area contributed by atoms with Crippen LogP contribution in [-0.4, -0.2) is 42.6 Å². The van der Waals surface area contributed by atoms with E-state index in [1.54, 1.807) is 0 Å². The molecular formula is C18H27ClN2O2. The van der Waals surface area contributed by atoms with Crippen LogP contribution < -0.4 is 10.1 Å². The number of carbonyl (C=O) groups excluding carboxylic acids is 1. The van der Waals surface area contributed by atoms with Crippen LogP contribution in [0.4, 0.5) is 0 Å². The predicted molar refractivity (Wildman–Crippen MR) is 94.5 cm³/mol. The molecule has 0 aliphatic carbocycles. The predicted octanol–water partition coefficient (Wildman–Crippen LogP) is 3.11. The molecule has 23 heavy (non-hydrogen) atoms. The number of halogens is 1. The SMILES string of the molecule is CC(C)COc1cccc(C(=O)N2CCC3CCC(C2)N3)c1.Cl. The van der Waals surface area contributed by atoms with Crippen LogP contribution >= 0.6 is 12.4 Å². The minimum absolute atomic E-state index is 0. The van der Waals surface area contributed by atoms with Crippen LogP contribution in [0, 0.1) is 5.92 Å². The first-order valence-corrected chi connectivity index (χ1v) is 8.40. The normalized spacial score (nSPS) is 23.3. The van der Waals surface area contributed by atoms with E-state index in [0.29, 0.717) is 24.6 Å². The van der Waals surface area contributed by atoms with Crippen molar-refractivity contribution >= 4 is 18.3 Å². The van der Waals surface area contributed by atoms with Gasteiger partial charge < -0.3 is 15.0 Å². The summed E-state index contributed by atoms with van der Waals surface area (Å²) in [5.74, 6) is 1.39. The molecule has 2 unspecified atom stereocenters. The molecule has 2 aliphatic rings. The molecule has 1 aromatic rings. The summed E-state index contributed by atoms with van der Waals surface area (Å²) in [5.41, 5.74) is 0.735. The number of benzene rings is 1. The Morgan fingerprint density at radius 1 is 1.30 bits per heavy atom. The molecular weight excluding hydrogens is 312 g/mol. The average Bonchev–Trinajstić information content (AvgIpc) is 2.84. The highest BCUT2D eigenvalue weighted by molar-refractivity contribution is 5.94. The van der Waals surface area contributed by atoms with Crippen LogP contribution in [0.5, 0.6) is 5.75 Å². The van der Waals surface area contributed by atoms with E-state index in [1.807, 2.05) is 29.2 Å². The van der Waals surface area contributed by atoms with E-state index in [2.05, 4.69) is 19.2 Å². The summed E-state index contributed by atoms with van der Waals surface area (Å²) in [4.78, 5) is 14.8.